The maximum absolute atomic E-state index is 13.6. The van der Waals surface area contributed by atoms with E-state index in [1.54, 1.807) is 32.6 Å². The van der Waals surface area contributed by atoms with Gasteiger partial charge in [-0.25, -0.2) is 22.3 Å². The van der Waals surface area contributed by atoms with E-state index in [1.165, 1.54) is 12.1 Å². The number of sulfonamides is 1. The number of nitrogens with zero attached hydrogens (tertiary/aromatic N) is 1. The number of piperidine rings is 1. The largest absolute Gasteiger partial charge is 0.444 e. The lowest BCUT2D eigenvalue weighted by molar-refractivity contribution is 0.0203. The zero-order valence-corrected chi connectivity index (χ0v) is 15.8. The molecular formula is C17H25FN2O4S. The first-order chi connectivity index (χ1) is 11.5. The highest BCUT2D eigenvalue weighted by Gasteiger charge is 2.29. The van der Waals surface area contributed by atoms with E-state index >= 15 is 0 Å². The van der Waals surface area contributed by atoms with Gasteiger partial charge in [-0.15, -0.1) is 0 Å². The van der Waals surface area contributed by atoms with Gasteiger partial charge in [0.25, 0.3) is 0 Å². The lowest BCUT2D eigenvalue weighted by atomic mass is 10.1. The van der Waals surface area contributed by atoms with Gasteiger partial charge in [-0.2, -0.15) is 0 Å². The summed E-state index contributed by atoms with van der Waals surface area (Å²) in [5.41, 5.74) is -0.171. The number of aryl methyl sites for hydroxylation is 1. The molecule has 1 fully saturated rings. The number of ether oxygens (including phenoxy) is 1. The van der Waals surface area contributed by atoms with Crippen molar-refractivity contribution in [2.45, 2.75) is 57.1 Å². The van der Waals surface area contributed by atoms with Crippen LogP contribution in [0, 0.1) is 12.7 Å². The summed E-state index contributed by atoms with van der Waals surface area (Å²) in [6.07, 6.45) is 0.564. The third-order valence-corrected chi connectivity index (χ3v) is 5.44. The van der Waals surface area contributed by atoms with Crippen molar-refractivity contribution in [3.63, 3.8) is 0 Å². The van der Waals surface area contributed by atoms with E-state index < -0.39 is 27.5 Å². The van der Waals surface area contributed by atoms with Crippen molar-refractivity contribution in [1.82, 2.24) is 9.62 Å². The van der Waals surface area contributed by atoms with Crippen LogP contribution in [0.2, 0.25) is 0 Å². The summed E-state index contributed by atoms with van der Waals surface area (Å²) in [6.45, 7) is 7.78. The fourth-order valence-electron chi connectivity index (χ4n) is 2.53. The Hall–Kier alpha value is -1.67. The molecule has 140 valence electrons. The molecule has 1 N–H and O–H groups in total. The van der Waals surface area contributed by atoms with Crippen LogP contribution in [-0.2, 0) is 14.8 Å². The van der Waals surface area contributed by atoms with E-state index in [0.29, 0.717) is 31.5 Å². The number of benzene rings is 1. The number of hydrogen-bond donors (Lipinski definition) is 1. The Balaban J connectivity index is 1.95. The van der Waals surface area contributed by atoms with Crippen LogP contribution in [0.3, 0.4) is 0 Å². The number of halogens is 1. The molecule has 25 heavy (non-hydrogen) atoms. The Morgan fingerprint density at radius 3 is 2.40 bits per heavy atom. The van der Waals surface area contributed by atoms with E-state index in [2.05, 4.69) is 4.72 Å². The third kappa shape index (κ3) is 5.40. The molecule has 1 heterocycles. The SMILES string of the molecule is Cc1ccc(S(=O)(=O)NC2CCN(C(=O)OC(C)(C)C)CC2)cc1F. The van der Waals surface area contributed by atoms with E-state index in [1.807, 2.05) is 0 Å². The van der Waals surface area contributed by atoms with E-state index in [-0.39, 0.29) is 10.9 Å². The molecule has 0 radical (unpaired) electrons. The molecule has 0 saturated carbocycles. The van der Waals surface area contributed by atoms with Crippen LogP contribution in [0.1, 0.15) is 39.2 Å². The monoisotopic (exact) mass is 372 g/mol. The maximum atomic E-state index is 13.6. The molecule has 1 aromatic carbocycles. The number of rotatable bonds is 3. The van der Waals surface area contributed by atoms with Crippen LogP contribution in [0.5, 0.6) is 0 Å². The predicted molar refractivity (Wildman–Crippen MR) is 92.3 cm³/mol. The first-order valence-electron chi connectivity index (χ1n) is 8.24. The Morgan fingerprint density at radius 1 is 1.28 bits per heavy atom. The minimum Gasteiger partial charge on any atom is -0.444 e. The normalized spacial score (nSPS) is 16.8. The van der Waals surface area contributed by atoms with Crippen molar-refractivity contribution >= 4 is 16.1 Å². The van der Waals surface area contributed by atoms with Gasteiger partial charge in [0, 0.05) is 19.1 Å². The molecule has 1 amide bonds. The Bertz CT molecular complexity index is 736. The summed E-state index contributed by atoms with van der Waals surface area (Å²) >= 11 is 0. The highest BCUT2D eigenvalue weighted by molar-refractivity contribution is 7.89. The first-order valence-corrected chi connectivity index (χ1v) is 9.73. The first kappa shape index (κ1) is 19.7. The van der Waals surface area contributed by atoms with Gasteiger partial charge < -0.3 is 9.64 Å². The van der Waals surface area contributed by atoms with Crippen molar-refractivity contribution in [2.75, 3.05) is 13.1 Å². The summed E-state index contributed by atoms with van der Waals surface area (Å²) in [6, 6.07) is 3.55. The zero-order valence-electron chi connectivity index (χ0n) is 15.0. The second-order valence-corrected chi connectivity index (χ2v) is 8.99. The second kappa shape index (κ2) is 7.29. The number of amides is 1. The number of nitrogens with one attached hydrogen (secondary N) is 1. The smallest absolute Gasteiger partial charge is 0.410 e. The Kier molecular flexibility index (Phi) is 5.73. The highest BCUT2D eigenvalue weighted by atomic mass is 32.2. The van der Waals surface area contributed by atoms with Crippen LogP contribution in [0.4, 0.5) is 9.18 Å². The molecule has 1 aliphatic rings. The highest BCUT2D eigenvalue weighted by Crippen LogP contribution is 2.19. The molecule has 1 saturated heterocycles. The quantitative estimate of drug-likeness (QED) is 0.885. The average molecular weight is 372 g/mol. The van der Waals surface area contributed by atoms with Crippen molar-refractivity contribution in [1.29, 1.82) is 0 Å². The number of carbonyl (C=O) groups excluding carboxylic acids is 1. The van der Waals surface area contributed by atoms with Gasteiger partial charge in [-0.3, -0.25) is 0 Å². The van der Waals surface area contributed by atoms with Gasteiger partial charge in [0.2, 0.25) is 10.0 Å². The van der Waals surface area contributed by atoms with Crippen molar-refractivity contribution in [3.05, 3.63) is 29.6 Å². The number of likely N-dealkylation sites (tertiary alicyclic amines) is 1. The van der Waals surface area contributed by atoms with Gasteiger partial charge in [0.15, 0.2) is 0 Å². The molecule has 1 aliphatic heterocycles. The van der Waals surface area contributed by atoms with Crippen LogP contribution in [0.25, 0.3) is 0 Å². The molecule has 8 heteroatoms. The molecule has 0 bridgehead atoms. The molecule has 0 aromatic heterocycles. The molecule has 0 atom stereocenters. The summed E-state index contributed by atoms with van der Waals surface area (Å²) in [5.74, 6) is -0.553. The van der Waals surface area contributed by atoms with Gasteiger partial charge >= 0.3 is 6.09 Å². The van der Waals surface area contributed by atoms with Gasteiger partial charge in [0.05, 0.1) is 4.90 Å². The average Bonchev–Trinajstić information content (AvgIpc) is 2.48. The summed E-state index contributed by atoms with van der Waals surface area (Å²) in [5, 5.41) is 0. The lowest BCUT2D eigenvalue weighted by Crippen LogP contribution is -2.47. The van der Waals surface area contributed by atoms with Gasteiger partial charge in [-0.1, -0.05) is 6.07 Å². The van der Waals surface area contributed by atoms with Crippen LogP contribution in [-0.4, -0.2) is 44.1 Å². The topological polar surface area (TPSA) is 75.7 Å². The summed E-state index contributed by atoms with van der Waals surface area (Å²) < 4.78 is 46.3. The summed E-state index contributed by atoms with van der Waals surface area (Å²) in [4.78, 5) is 13.5. The second-order valence-electron chi connectivity index (χ2n) is 7.27. The molecule has 2 rings (SSSR count). The van der Waals surface area contributed by atoms with Crippen LogP contribution >= 0.6 is 0 Å². The molecular weight excluding hydrogens is 347 g/mol. The zero-order chi connectivity index (χ0) is 18.8. The fraction of sp³-hybridized carbons (Fsp3) is 0.588. The van der Waals surface area contributed by atoms with Crippen molar-refractivity contribution in [3.8, 4) is 0 Å². The summed E-state index contributed by atoms with van der Waals surface area (Å²) in [7, 11) is -3.79. The Labute approximate surface area is 148 Å². The van der Waals surface area contributed by atoms with Crippen LogP contribution < -0.4 is 4.72 Å². The fourth-order valence-corrected chi connectivity index (χ4v) is 3.85. The van der Waals surface area contributed by atoms with Crippen molar-refractivity contribution in [2.24, 2.45) is 0 Å². The molecule has 0 aliphatic carbocycles. The molecule has 6 nitrogen and oxygen atoms in total. The van der Waals surface area contributed by atoms with Crippen molar-refractivity contribution < 1.29 is 22.3 Å². The molecule has 0 spiro atoms. The van der Waals surface area contributed by atoms with Crippen LogP contribution in [0.15, 0.2) is 23.1 Å². The third-order valence-electron chi connectivity index (χ3n) is 3.92. The van der Waals surface area contributed by atoms with Gasteiger partial charge in [0.1, 0.15) is 11.4 Å². The number of carbonyl (C=O) groups is 1. The van der Waals surface area contributed by atoms with E-state index in [9.17, 15) is 17.6 Å². The molecule has 1 aromatic rings. The Morgan fingerprint density at radius 2 is 1.88 bits per heavy atom. The predicted octanol–water partition coefficient (Wildman–Crippen LogP) is 2.81. The molecule has 0 unspecified atom stereocenters. The maximum Gasteiger partial charge on any atom is 0.410 e. The van der Waals surface area contributed by atoms with Gasteiger partial charge in [-0.05, 0) is 58.2 Å². The lowest BCUT2D eigenvalue weighted by Gasteiger charge is -2.33. The minimum absolute atomic E-state index is 0.0924. The van der Waals surface area contributed by atoms with E-state index in [4.69, 9.17) is 4.74 Å². The standard InChI is InChI=1S/C17H25FN2O4S/c1-12-5-6-14(11-15(12)18)25(22,23)19-13-7-9-20(10-8-13)16(21)24-17(2,3)4/h5-6,11,13,19H,7-10H2,1-4H3. The number of hydrogen-bond acceptors (Lipinski definition) is 4. The minimum atomic E-state index is -3.79. The van der Waals surface area contributed by atoms with E-state index in [0.717, 1.165) is 6.07 Å².